The van der Waals surface area contributed by atoms with Gasteiger partial charge in [0.1, 0.15) is 0 Å². The SMILES string of the molecule is Cc1cccc(C)c1NC(=O)c1ccc2nc(NC(=O)NC3(CO)CCCC3)sc2c1. The zero-order valence-electron chi connectivity index (χ0n) is 17.6. The number of fused-ring (bicyclic) bond motifs is 1. The molecule has 1 aromatic heterocycles. The molecule has 0 spiro atoms. The Morgan fingerprint density at radius 2 is 1.81 bits per heavy atom. The van der Waals surface area contributed by atoms with Crippen molar-refractivity contribution < 1.29 is 14.7 Å². The lowest BCUT2D eigenvalue weighted by Gasteiger charge is -2.27. The van der Waals surface area contributed by atoms with Crippen LogP contribution < -0.4 is 16.0 Å². The van der Waals surface area contributed by atoms with Crippen molar-refractivity contribution in [1.29, 1.82) is 0 Å². The summed E-state index contributed by atoms with van der Waals surface area (Å²) in [5.74, 6) is -0.189. The zero-order chi connectivity index (χ0) is 22.0. The number of carbonyl (C=O) groups excluding carboxylic acids is 2. The Labute approximate surface area is 184 Å². The molecule has 31 heavy (non-hydrogen) atoms. The van der Waals surface area contributed by atoms with E-state index in [9.17, 15) is 14.7 Å². The van der Waals surface area contributed by atoms with E-state index in [1.54, 1.807) is 18.2 Å². The number of thiazole rings is 1. The number of urea groups is 1. The third-order valence-electron chi connectivity index (χ3n) is 5.83. The topological polar surface area (TPSA) is 103 Å². The molecule has 0 atom stereocenters. The Bertz CT molecular complexity index is 1110. The number of aromatic nitrogens is 1. The average molecular weight is 439 g/mol. The van der Waals surface area contributed by atoms with E-state index in [4.69, 9.17) is 0 Å². The number of rotatable bonds is 5. The van der Waals surface area contributed by atoms with Gasteiger partial charge in [-0.05, 0) is 56.0 Å². The molecule has 3 amide bonds. The number of aliphatic hydroxyl groups excluding tert-OH is 1. The van der Waals surface area contributed by atoms with Crippen LogP contribution in [0.5, 0.6) is 0 Å². The van der Waals surface area contributed by atoms with E-state index >= 15 is 0 Å². The first-order valence-corrected chi connectivity index (χ1v) is 11.2. The molecule has 0 saturated heterocycles. The first-order valence-electron chi connectivity index (χ1n) is 10.4. The van der Waals surface area contributed by atoms with Crippen LogP contribution in [0.4, 0.5) is 15.6 Å². The Morgan fingerprint density at radius 3 is 2.48 bits per heavy atom. The molecule has 0 radical (unpaired) electrons. The largest absolute Gasteiger partial charge is 0.394 e. The van der Waals surface area contributed by atoms with Crippen LogP contribution in [0.3, 0.4) is 0 Å². The van der Waals surface area contributed by atoms with Crippen LogP contribution in [0.2, 0.25) is 0 Å². The summed E-state index contributed by atoms with van der Waals surface area (Å²) in [4.78, 5) is 29.6. The van der Waals surface area contributed by atoms with E-state index in [2.05, 4.69) is 20.9 Å². The number of aliphatic hydroxyl groups is 1. The number of nitrogens with one attached hydrogen (secondary N) is 3. The summed E-state index contributed by atoms with van der Waals surface area (Å²) < 4.78 is 0.808. The molecule has 8 heteroatoms. The molecular formula is C23H26N4O3S. The molecule has 1 heterocycles. The maximum Gasteiger partial charge on any atom is 0.321 e. The zero-order valence-corrected chi connectivity index (χ0v) is 18.4. The highest BCUT2D eigenvalue weighted by Crippen LogP contribution is 2.30. The molecule has 4 rings (SSSR count). The van der Waals surface area contributed by atoms with Gasteiger partial charge in [0.15, 0.2) is 5.13 Å². The highest BCUT2D eigenvalue weighted by Gasteiger charge is 2.34. The Kier molecular flexibility index (Phi) is 5.93. The lowest BCUT2D eigenvalue weighted by Crippen LogP contribution is -2.50. The standard InChI is InChI=1S/C23H26N4O3S/c1-14-6-5-7-15(2)19(14)25-20(29)16-8-9-17-18(12-16)31-22(24-17)26-21(30)27-23(13-28)10-3-4-11-23/h5-9,12,28H,3-4,10-11,13H2,1-2H3,(H,25,29)(H2,24,26,27,30). The van der Waals surface area contributed by atoms with Crippen LogP contribution in [0.25, 0.3) is 10.2 Å². The van der Waals surface area contributed by atoms with E-state index in [-0.39, 0.29) is 18.5 Å². The van der Waals surface area contributed by atoms with Crippen molar-refractivity contribution in [3.8, 4) is 0 Å². The summed E-state index contributed by atoms with van der Waals surface area (Å²) in [7, 11) is 0. The van der Waals surface area contributed by atoms with Crippen molar-refractivity contribution in [2.45, 2.75) is 45.1 Å². The minimum atomic E-state index is -0.542. The van der Waals surface area contributed by atoms with Crippen molar-refractivity contribution >= 4 is 44.3 Å². The molecule has 0 bridgehead atoms. The molecule has 0 aliphatic heterocycles. The first-order chi connectivity index (χ1) is 14.9. The van der Waals surface area contributed by atoms with Crippen LogP contribution in [-0.2, 0) is 0 Å². The summed E-state index contributed by atoms with van der Waals surface area (Å²) in [5, 5.41) is 18.8. The molecule has 162 valence electrons. The van der Waals surface area contributed by atoms with Crippen LogP contribution in [0.1, 0.15) is 47.2 Å². The van der Waals surface area contributed by atoms with Crippen molar-refractivity contribution in [2.24, 2.45) is 0 Å². The Morgan fingerprint density at radius 1 is 1.10 bits per heavy atom. The van der Waals surface area contributed by atoms with Gasteiger partial charge in [-0.2, -0.15) is 0 Å². The first kappa shape index (κ1) is 21.3. The van der Waals surface area contributed by atoms with Crippen LogP contribution in [0, 0.1) is 13.8 Å². The lowest BCUT2D eigenvalue weighted by molar-refractivity contribution is 0.102. The van der Waals surface area contributed by atoms with Gasteiger partial charge in [0, 0.05) is 11.3 Å². The van der Waals surface area contributed by atoms with E-state index < -0.39 is 5.54 Å². The van der Waals surface area contributed by atoms with E-state index in [1.165, 1.54) is 11.3 Å². The van der Waals surface area contributed by atoms with E-state index in [0.717, 1.165) is 47.2 Å². The maximum atomic E-state index is 12.8. The molecular weight excluding hydrogens is 412 g/mol. The van der Waals surface area contributed by atoms with Crippen LogP contribution >= 0.6 is 11.3 Å². The van der Waals surface area contributed by atoms with E-state index in [0.29, 0.717) is 16.2 Å². The van der Waals surface area contributed by atoms with Gasteiger partial charge in [-0.1, -0.05) is 42.4 Å². The highest BCUT2D eigenvalue weighted by atomic mass is 32.1. The summed E-state index contributed by atoms with van der Waals surface area (Å²) >= 11 is 1.31. The predicted octanol–water partition coefficient (Wildman–Crippen LogP) is 4.59. The number of anilines is 2. The number of aryl methyl sites for hydroxylation is 2. The lowest BCUT2D eigenvalue weighted by atomic mass is 9.99. The number of benzene rings is 2. The van der Waals surface area contributed by atoms with Crippen molar-refractivity contribution in [3.05, 3.63) is 53.1 Å². The van der Waals surface area contributed by atoms with Gasteiger partial charge in [0.05, 0.1) is 22.4 Å². The molecule has 1 fully saturated rings. The molecule has 3 aromatic rings. The van der Waals surface area contributed by atoms with Crippen molar-refractivity contribution in [3.63, 3.8) is 0 Å². The van der Waals surface area contributed by atoms with Gasteiger partial charge in [0.25, 0.3) is 5.91 Å². The van der Waals surface area contributed by atoms with Crippen molar-refractivity contribution in [1.82, 2.24) is 10.3 Å². The summed E-state index contributed by atoms with van der Waals surface area (Å²) in [6.07, 6.45) is 3.54. The minimum Gasteiger partial charge on any atom is -0.394 e. The second kappa shape index (κ2) is 8.64. The highest BCUT2D eigenvalue weighted by molar-refractivity contribution is 7.22. The quantitative estimate of drug-likeness (QED) is 0.468. The normalized spacial score (nSPS) is 15.1. The fourth-order valence-corrected chi connectivity index (χ4v) is 4.96. The average Bonchev–Trinajstić information content (AvgIpc) is 3.36. The van der Waals surface area contributed by atoms with Gasteiger partial charge < -0.3 is 15.7 Å². The van der Waals surface area contributed by atoms with Gasteiger partial charge in [-0.3, -0.25) is 10.1 Å². The molecule has 1 aliphatic rings. The molecule has 1 aliphatic carbocycles. The number of hydrogen-bond donors (Lipinski definition) is 4. The number of carbonyl (C=O) groups is 2. The van der Waals surface area contributed by atoms with Crippen molar-refractivity contribution in [2.75, 3.05) is 17.2 Å². The van der Waals surface area contributed by atoms with E-state index in [1.807, 2.05) is 32.0 Å². The summed E-state index contributed by atoms with van der Waals surface area (Å²) in [6, 6.07) is 10.8. The van der Waals surface area contributed by atoms with Gasteiger partial charge in [-0.15, -0.1) is 0 Å². The van der Waals surface area contributed by atoms with Crippen LogP contribution in [-0.4, -0.2) is 34.2 Å². The monoisotopic (exact) mass is 438 g/mol. The number of hydrogen-bond acceptors (Lipinski definition) is 5. The maximum absolute atomic E-state index is 12.8. The third-order valence-corrected chi connectivity index (χ3v) is 6.77. The summed E-state index contributed by atoms with van der Waals surface area (Å²) in [5.41, 5.74) is 3.53. The minimum absolute atomic E-state index is 0.0703. The van der Waals surface area contributed by atoms with Gasteiger partial charge in [0.2, 0.25) is 0 Å². The molecule has 2 aromatic carbocycles. The smallest absolute Gasteiger partial charge is 0.321 e. The number of para-hydroxylation sites is 1. The Balaban J connectivity index is 1.48. The molecule has 0 unspecified atom stereocenters. The predicted molar refractivity (Wildman–Crippen MR) is 124 cm³/mol. The molecule has 4 N–H and O–H groups in total. The Hall–Kier alpha value is -2.97. The number of amides is 3. The fourth-order valence-electron chi connectivity index (χ4n) is 4.06. The molecule has 1 saturated carbocycles. The summed E-state index contributed by atoms with van der Waals surface area (Å²) in [6.45, 7) is 3.86. The number of nitrogens with zero attached hydrogens (tertiary/aromatic N) is 1. The fraction of sp³-hybridized carbons (Fsp3) is 0.348. The second-order valence-electron chi connectivity index (χ2n) is 8.15. The van der Waals surface area contributed by atoms with Crippen LogP contribution in [0.15, 0.2) is 36.4 Å². The van der Waals surface area contributed by atoms with Gasteiger partial charge >= 0.3 is 6.03 Å². The third kappa shape index (κ3) is 4.55. The second-order valence-corrected chi connectivity index (χ2v) is 9.18. The van der Waals surface area contributed by atoms with Gasteiger partial charge in [-0.25, -0.2) is 9.78 Å². The molecule has 7 nitrogen and oxygen atoms in total.